The third kappa shape index (κ3) is 2.50. The lowest BCUT2D eigenvalue weighted by molar-refractivity contribution is 0.0982. The first-order valence-electron chi connectivity index (χ1n) is 6.69. The van der Waals surface area contributed by atoms with Gasteiger partial charge in [-0.15, -0.1) is 0 Å². The Hall–Kier alpha value is -2.69. The summed E-state index contributed by atoms with van der Waals surface area (Å²) in [6.45, 7) is 0.939. The molecule has 5 heteroatoms. The van der Waals surface area contributed by atoms with E-state index in [4.69, 9.17) is 15.2 Å². The molecule has 0 spiro atoms. The Labute approximate surface area is 122 Å². The molecule has 2 aromatic carbocycles. The van der Waals surface area contributed by atoms with E-state index in [-0.39, 0.29) is 5.91 Å². The third-order valence-electron chi connectivity index (χ3n) is 3.36. The highest BCUT2D eigenvalue weighted by atomic mass is 16.6. The normalized spacial score (nSPS) is 12.8. The molecule has 0 saturated carbocycles. The Morgan fingerprint density at radius 3 is 2.71 bits per heavy atom. The molecule has 1 aliphatic rings. The number of anilines is 2. The topological polar surface area (TPSA) is 64.8 Å². The highest BCUT2D eigenvalue weighted by molar-refractivity contribution is 6.08. The number of nitrogens with zero attached hydrogens (tertiary/aromatic N) is 1. The van der Waals surface area contributed by atoms with Crippen molar-refractivity contribution in [2.45, 2.75) is 0 Å². The van der Waals surface area contributed by atoms with Crippen LogP contribution in [-0.4, -0.2) is 26.2 Å². The minimum absolute atomic E-state index is 0.164. The summed E-state index contributed by atoms with van der Waals surface area (Å²) >= 11 is 0. The van der Waals surface area contributed by atoms with Gasteiger partial charge in [-0.3, -0.25) is 4.79 Å². The second-order valence-corrected chi connectivity index (χ2v) is 4.79. The zero-order valence-corrected chi connectivity index (χ0v) is 11.7. The first-order chi connectivity index (χ1) is 10.2. The van der Waals surface area contributed by atoms with Gasteiger partial charge in [-0.1, -0.05) is 12.1 Å². The Kier molecular flexibility index (Phi) is 3.39. The van der Waals surface area contributed by atoms with Crippen molar-refractivity contribution in [3.05, 3.63) is 48.0 Å². The highest BCUT2D eigenvalue weighted by Gasteiger charge is 2.23. The lowest BCUT2D eigenvalue weighted by Crippen LogP contribution is -2.28. The number of ether oxygens (including phenoxy) is 2. The number of para-hydroxylation sites is 1. The molecular formula is C16H16N2O3. The van der Waals surface area contributed by atoms with Gasteiger partial charge in [0.25, 0.3) is 5.91 Å². The zero-order chi connectivity index (χ0) is 14.8. The zero-order valence-electron chi connectivity index (χ0n) is 11.7. The number of nitrogen functional groups attached to an aromatic ring is 1. The van der Waals surface area contributed by atoms with Gasteiger partial charge in [0.15, 0.2) is 11.5 Å². The van der Waals surface area contributed by atoms with Crippen LogP contribution in [0.3, 0.4) is 0 Å². The Morgan fingerprint density at radius 2 is 1.90 bits per heavy atom. The average Bonchev–Trinajstić information content (AvgIpc) is 2.53. The summed E-state index contributed by atoms with van der Waals surface area (Å²) in [5.41, 5.74) is 7.59. The second-order valence-electron chi connectivity index (χ2n) is 4.79. The smallest absolute Gasteiger partial charge is 0.261 e. The van der Waals surface area contributed by atoms with Crippen molar-refractivity contribution < 1.29 is 14.3 Å². The molecule has 1 heterocycles. The molecule has 2 N–H and O–H groups in total. The predicted molar refractivity (Wildman–Crippen MR) is 81.0 cm³/mol. The van der Waals surface area contributed by atoms with Crippen LogP contribution in [0.15, 0.2) is 42.5 Å². The van der Waals surface area contributed by atoms with Crippen molar-refractivity contribution in [1.29, 1.82) is 0 Å². The molecule has 3 rings (SSSR count). The van der Waals surface area contributed by atoms with Gasteiger partial charge in [0.1, 0.15) is 13.2 Å². The van der Waals surface area contributed by atoms with E-state index < -0.39 is 0 Å². The quantitative estimate of drug-likeness (QED) is 0.860. The number of carbonyl (C=O) groups is 1. The summed E-state index contributed by atoms with van der Waals surface area (Å²) in [6.07, 6.45) is 0. The number of rotatable bonds is 2. The maximum atomic E-state index is 12.7. The van der Waals surface area contributed by atoms with E-state index in [9.17, 15) is 4.79 Å². The number of nitrogens with two attached hydrogens (primary N) is 1. The lowest BCUT2D eigenvalue weighted by atomic mass is 10.1. The fraction of sp³-hybridized carbons (Fsp3) is 0.188. The van der Waals surface area contributed by atoms with E-state index >= 15 is 0 Å². The molecule has 0 atom stereocenters. The number of carbonyl (C=O) groups excluding carboxylic acids is 1. The minimum Gasteiger partial charge on any atom is -0.486 e. The molecule has 21 heavy (non-hydrogen) atoms. The molecule has 1 aliphatic heterocycles. The third-order valence-corrected chi connectivity index (χ3v) is 3.36. The van der Waals surface area contributed by atoms with Gasteiger partial charge >= 0.3 is 0 Å². The molecule has 0 unspecified atom stereocenters. The average molecular weight is 284 g/mol. The van der Waals surface area contributed by atoms with Crippen LogP contribution in [0.2, 0.25) is 0 Å². The van der Waals surface area contributed by atoms with Crippen molar-refractivity contribution in [3.8, 4) is 11.5 Å². The monoisotopic (exact) mass is 284 g/mol. The van der Waals surface area contributed by atoms with E-state index in [1.165, 1.54) is 0 Å². The molecule has 0 aromatic heterocycles. The molecule has 0 bridgehead atoms. The van der Waals surface area contributed by atoms with Crippen LogP contribution in [0.5, 0.6) is 11.5 Å². The summed E-state index contributed by atoms with van der Waals surface area (Å²) in [4.78, 5) is 14.2. The lowest BCUT2D eigenvalue weighted by Gasteiger charge is -2.23. The van der Waals surface area contributed by atoms with Crippen LogP contribution in [0.4, 0.5) is 11.4 Å². The summed E-state index contributed by atoms with van der Waals surface area (Å²) in [5.74, 6) is 0.945. The number of hydrogen-bond donors (Lipinski definition) is 1. The molecule has 1 amide bonds. The number of fused-ring (bicyclic) bond motifs is 1. The van der Waals surface area contributed by atoms with Crippen molar-refractivity contribution in [1.82, 2.24) is 0 Å². The van der Waals surface area contributed by atoms with E-state index in [1.807, 2.05) is 12.1 Å². The van der Waals surface area contributed by atoms with Crippen LogP contribution < -0.4 is 20.1 Å². The van der Waals surface area contributed by atoms with Crippen molar-refractivity contribution in [2.24, 2.45) is 0 Å². The first-order valence-corrected chi connectivity index (χ1v) is 6.69. The van der Waals surface area contributed by atoms with Gasteiger partial charge in [0.2, 0.25) is 0 Å². The maximum absolute atomic E-state index is 12.7. The number of hydrogen-bond acceptors (Lipinski definition) is 4. The maximum Gasteiger partial charge on any atom is 0.261 e. The van der Waals surface area contributed by atoms with Crippen molar-refractivity contribution >= 4 is 17.3 Å². The van der Waals surface area contributed by atoms with Gasteiger partial charge in [-0.05, 0) is 30.3 Å². The SMILES string of the molecule is CN(C(=O)c1cccc2c1OCCO2)c1cccc(N)c1. The van der Waals surface area contributed by atoms with Gasteiger partial charge < -0.3 is 20.1 Å². The van der Waals surface area contributed by atoms with Crippen LogP contribution >= 0.6 is 0 Å². The number of amides is 1. The van der Waals surface area contributed by atoms with Crippen LogP contribution in [0.25, 0.3) is 0 Å². The van der Waals surface area contributed by atoms with Crippen LogP contribution in [-0.2, 0) is 0 Å². The fourth-order valence-corrected chi connectivity index (χ4v) is 2.27. The van der Waals surface area contributed by atoms with Gasteiger partial charge in [0.05, 0.1) is 5.56 Å². The van der Waals surface area contributed by atoms with Gasteiger partial charge in [-0.2, -0.15) is 0 Å². The van der Waals surface area contributed by atoms with E-state index in [1.54, 1.807) is 42.3 Å². The van der Waals surface area contributed by atoms with E-state index in [2.05, 4.69) is 0 Å². The fourth-order valence-electron chi connectivity index (χ4n) is 2.27. The molecule has 0 saturated heterocycles. The predicted octanol–water partition coefficient (Wildman–Crippen LogP) is 2.32. The Bertz CT molecular complexity index is 685. The van der Waals surface area contributed by atoms with E-state index in [0.29, 0.717) is 36.0 Å². The van der Waals surface area contributed by atoms with Gasteiger partial charge in [-0.25, -0.2) is 0 Å². The first kappa shape index (κ1) is 13.3. The second kappa shape index (κ2) is 5.36. The summed E-state index contributed by atoms with van der Waals surface area (Å²) in [7, 11) is 1.71. The summed E-state index contributed by atoms with van der Waals surface area (Å²) < 4.78 is 11.1. The summed E-state index contributed by atoms with van der Waals surface area (Å²) in [5, 5.41) is 0. The van der Waals surface area contributed by atoms with Crippen LogP contribution in [0.1, 0.15) is 10.4 Å². The highest BCUT2D eigenvalue weighted by Crippen LogP contribution is 2.34. The standard InChI is InChI=1S/C16H16N2O3/c1-18(12-5-2-4-11(17)10-12)16(19)13-6-3-7-14-15(13)21-9-8-20-14/h2-7,10H,8-9,17H2,1H3. The largest absolute Gasteiger partial charge is 0.486 e. The molecule has 108 valence electrons. The molecule has 0 fully saturated rings. The Balaban J connectivity index is 1.95. The van der Waals surface area contributed by atoms with Gasteiger partial charge in [0, 0.05) is 18.4 Å². The van der Waals surface area contributed by atoms with Crippen LogP contribution in [0, 0.1) is 0 Å². The molecular weight excluding hydrogens is 268 g/mol. The van der Waals surface area contributed by atoms with E-state index in [0.717, 1.165) is 5.69 Å². The Morgan fingerprint density at radius 1 is 1.14 bits per heavy atom. The number of benzene rings is 2. The summed E-state index contributed by atoms with van der Waals surface area (Å²) in [6, 6.07) is 12.5. The molecule has 2 aromatic rings. The molecule has 5 nitrogen and oxygen atoms in total. The minimum atomic E-state index is -0.164. The molecule has 0 aliphatic carbocycles. The van der Waals surface area contributed by atoms with Crippen molar-refractivity contribution in [3.63, 3.8) is 0 Å². The van der Waals surface area contributed by atoms with Crippen molar-refractivity contribution in [2.75, 3.05) is 30.9 Å². The molecule has 0 radical (unpaired) electrons.